The molecule has 0 bridgehead atoms. The fourth-order valence-electron chi connectivity index (χ4n) is 10.2. The number of benzene rings is 10. The third kappa shape index (κ3) is 5.33. The maximum Gasteiger partial charge on any atom is 0.179 e. The molecule has 0 N–H and O–H groups in total. The van der Waals surface area contributed by atoms with E-state index < -0.39 is 32.2 Å². The molecule has 300 valence electrons. The summed E-state index contributed by atoms with van der Waals surface area (Å²) in [5.74, 6) is 0. The molecule has 0 amide bonds. The van der Waals surface area contributed by atoms with Gasteiger partial charge in [0.2, 0.25) is 0 Å². The van der Waals surface area contributed by atoms with Crippen LogP contribution >= 0.6 is 0 Å². The van der Waals surface area contributed by atoms with E-state index in [0.29, 0.717) is 22.2 Å². The van der Waals surface area contributed by atoms with Gasteiger partial charge in [-0.25, -0.2) is 0 Å². The van der Waals surface area contributed by atoms with Crippen LogP contribution < -0.4 is 20.7 Å². The Hall–Kier alpha value is -8.18. The number of fused-ring (bicyclic) bond motifs is 10. The van der Waals surface area contributed by atoms with Gasteiger partial charge in [-0.05, 0) is 68.2 Å². The Kier molecular flexibility index (Phi) is 6.59. The number of rotatable bonds is 7. The van der Waals surface area contributed by atoms with Crippen LogP contribution in [0.25, 0.3) is 88.1 Å². The molecule has 0 fully saturated rings. The number of para-hydroxylation sites is 4. The zero-order chi connectivity index (χ0) is 49.2. The van der Waals surface area contributed by atoms with Crippen LogP contribution in [-0.2, 0) is 0 Å². The molecule has 0 aliphatic heterocycles. The number of hydrogen-bond acceptors (Lipinski definition) is 1. The Morgan fingerprint density at radius 2 is 0.922 bits per heavy atom. The van der Waals surface area contributed by atoms with Crippen molar-refractivity contribution in [1.29, 1.82) is 0 Å². The van der Waals surface area contributed by atoms with Crippen molar-refractivity contribution in [3.05, 3.63) is 242 Å². The Morgan fingerprint density at radius 3 is 1.61 bits per heavy atom. The molecule has 0 atom stereocenters. The first-order valence-electron chi connectivity index (χ1n) is 25.4. The Balaban J connectivity index is 1.15. The second-order valence-corrected chi connectivity index (χ2v) is 20.0. The van der Waals surface area contributed by atoms with Gasteiger partial charge >= 0.3 is 0 Å². The van der Waals surface area contributed by atoms with Gasteiger partial charge in [-0.3, -0.25) is 0 Å². The van der Waals surface area contributed by atoms with E-state index in [4.69, 9.17) is 9.90 Å². The van der Waals surface area contributed by atoms with Gasteiger partial charge in [-0.1, -0.05) is 200 Å². The summed E-state index contributed by atoms with van der Waals surface area (Å²) in [7, 11) is -3.03. The number of nitrogens with zero attached hydrogens (tertiary/aromatic N) is 2. The van der Waals surface area contributed by atoms with Crippen LogP contribution in [0.4, 0.5) is 0 Å². The fourth-order valence-corrected chi connectivity index (χ4v) is 15.0. The van der Waals surface area contributed by atoms with E-state index in [1.807, 2.05) is 54.6 Å². The summed E-state index contributed by atoms with van der Waals surface area (Å²) in [6, 6.07) is 64.3. The van der Waals surface area contributed by atoms with Gasteiger partial charge in [0.05, 0.1) is 44.1 Å². The van der Waals surface area contributed by atoms with E-state index >= 15 is 0 Å². The molecule has 13 aromatic rings. The van der Waals surface area contributed by atoms with Crippen molar-refractivity contribution in [3.8, 4) is 22.5 Å². The molecular formula is C60H40N2OSi. The largest absolute Gasteiger partial charge is 0.456 e. The minimum absolute atomic E-state index is 0.0129. The minimum atomic E-state index is -3.03. The van der Waals surface area contributed by atoms with Crippen LogP contribution in [0.3, 0.4) is 0 Å². The topological polar surface area (TPSA) is 23.0 Å². The van der Waals surface area contributed by atoms with Crippen LogP contribution in [-0.4, -0.2) is 17.2 Å². The summed E-state index contributed by atoms with van der Waals surface area (Å²) in [6.45, 7) is 0. The average molecular weight is 841 g/mol. The molecule has 64 heavy (non-hydrogen) atoms. The molecule has 10 aromatic carbocycles. The predicted octanol–water partition coefficient (Wildman–Crippen LogP) is 12.8. The molecule has 0 spiro atoms. The maximum absolute atomic E-state index is 9.42. The van der Waals surface area contributed by atoms with E-state index in [1.165, 1.54) is 20.7 Å². The molecule has 0 unspecified atom stereocenters. The average Bonchev–Trinajstić information content (AvgIpc) is 4.10. The molecule has 13 rings (SSSR count). The molecule has 3 nitrogen and oxygen atoms in total. The highest BCUT2D eigenvalue weighted by Crippen LogP contribution is 2.45. The van der Waals surface area contributed by atoms with E-state index in [9.17, 15) is 5.48 Å². The molecule has 3 heterocycles. The third-order valence-corrected chi connectivity index (χ3v) is 17.7. The smallest absolute Gasteiger partial charge is 0.179 e. The first-order valence-corrected chi connectivity index (χ1v) is 23.4. The number of aromatic nitrogens is 2. The lowest BCUT2D eigenvalue weighted by atomic mass is 10.1. The lowest BCUT2D eigenvalue weighted by Crippen LogP contribution is -2.74. The summed E-state index contributed by atoms with van der Waals surface area (Å²) in [5.41, 5.74) is 6.43. The monoisotopic (exact) mass is 840 g/mol. The molecule has 0 saturated carbocycles. The summed E-state index contributed by atoms with van der Waals surface area (Å²) in [5, 5.41) is 8.16. The van der Waals surface area contributed by atoms with E-state index in [-0.39, 0.29) is 46.0 Å². The van der Waals surface area contributed by atoms with Crippen LogP contribution in [0.2, 0.25) is 0 Å². The van der Waals surface area contributed by atoms with Crippen molar-refractivity contribution in [2.24, 2.45) is 0 Å². The fraction of sp³-hybridized carbons (Fsp3) is 0. The van der Waals surface area contributed by atoms with Crippen molar-refractivity contribution < 1.29 is 15.4 Å². The summed E-state index contributed by atoms with van der Waals surface area (Å²) >= 11 is 0. The first-order chi connectivity index (χ1) is 35.1. The summed E-state index contributed by atoms with van der Waals surface area (Å²) in [4.78, 5) is 0. The summed E-state index contributed by atoms with van der Waals surface area (Å²) in [6.07, 6.45) is 0. The van der Waals surface area contributed by atoms with Crippen molar-refractivity contribution in [3.63, 3.8) is 0 Å². The van der Waals surface area contributed by atoms with Gasteiger partial charge in [-0.15, -0.1) is 0 Å². The van der Waals surface area contributed by atoms with E-state index in [2.05, 4.69) is 144 Å². The molecule has 3 aromatic heterocycles. The van der Waals surface area contributed by atoms with Gasteiger partial charge in [0.25, 0.3) is 0 Å². The molecule has 0 aliphatic carbocycles. The Labute approximate surface area is 382 Å². The molecular weight excluding hydrogens is 793 g/mol. The van der Waals surface area contributed by atoms with Gasteiger partial charge in [0.1, 0.15) is 11.2 Å². The maximum atomic E-state index is 9.42. The van der Waals surface area contributed by atoms with Crippen molar-refractivity contribution in [1.82, 2.24) is 9.13 Å². The van der Waals surface area contributed by atoms with Crippen LogP contribution in [0.5, 0.6) is 0 Å². The van der Waals surface area contributed by atoms with Crippen LogP contribution in [0.1, 0.15) is 11.0 Å². The molecule has 4 heteroatoms. The second kappa shape index (κ2) is 14.5. The molecule has 0 saturated heterocycles. The normalized spacial score (nSPS) is 13.8. The lowest BCUT2D eigenvalue weighted by molar-refractivity contribution is 0.669. The highest BCUT2D eigenvalue weighted by Gasteiger charge is 2.41. The highest BCUT2D eigenvalue weighted by atomic mass is 28.3. The third-order valence-electron chi connectivity index (χ3n) is 12.9. The van der Waals surface area contributed by atoms with Gasteiger partial charge < -0.3 is 13.6 Å². The van der Waals surface area contributed by atoms with Gasteiger partial charge in [0, 0.05) is 38.7 Å². The highest BCUT2D eigenvalue weighted by molar-refractivity contribution is 7.19. The second-order valence-electron chi connectivity index (χ2n) is 16.2. The standard InChI is InChI=1S/C60H40N2OSi/c1-4-19-41(20-5-1)42-21-18-26-47(39-42)64(44-22-6-2-7-23-44,45-24-8-3-9-25-45)46-37-35-43(36-38-46)61-54-33-16-12-29-50(54)58-55(40-57-59(60(58)61)51-30-13-17-34-56(51)63-57)62-52-31-14-10-27-48(52)49-28-11-15-32-53(49)62/h1-40H/i10D,11D,14D,15D,27D,28D,31D,32D. The van der Waals surface area contributed by atoms with Crippen LogP contribution in [0.15, 0.2) is 247 Å². The summed E-state index contributed by atoms with van der Waals surface area (Å²) < 4.78 is 83.0. The SMILES string of the molecule is [2H]c1c([2H])c([2H])c2c(c1[2H])c1c([2H])c([2H])c([2H])c([2H])c1n2-c1cc2oc3ccccc3c2c2c1c1ccccc1n2-c1ccc([Si](c2ccccc2)(c2ccccc2)c2cccc(-c3ccccc3)c2)cc1. The zero-order valence-corrected chi connectivity index (χ0v) is 35.3. The van der Waals surface area contributed by atoms with Gasteiger partial charge in [-0.2, -0.15) is 0 Å². The van der Waals surface area contributed by atoms with Crippen LogP contribution in [0, 0.1) is 0 Å². The van der Waals surface area contributed by atoms with Crippen molar-refractivity contribution in [2.45, 2.75) is 0 Å². The molecule has 0 aliphatic rings. The van der Waals surface area contributed by atoms with Crippen molar-refractivity contribution >= 4 is 94.4 Å². The zero-order valence-electron chi connectivity index (χ0n) is 42.3. The molecule has 0 radical (unpaired) electrons. The predicted molar refractivity (Wildman–Crippen MR) is 271 cm³/mol. The quantitative estimate of drug-likeness (QED) is 0.116. The first kappa shape index (κ1) is 29.2. The van der Waals surface area contributed by atoms with Gasteiger partial charge in [0.15, 0.2) is 8.07 Å². The minimum Gasteiger partial charge on any atom is -0.456 e. The Morgan fingerprint density at radius 1 is 0.375 bits per heavy atom. The number of furan rings is 1. The lowest BCUT2D eigenvalue weighted by Gasteiger charge is -2.35. The van der Waals surface area contributed by atoms with E-state index in [1.54, 1.807) is 4.57 Å². The van der Waals surface area contributed by atoms with Crippen molar-refractivity contribution in [2.75, 3.05) is 0 Å². The van der Waals surface area contributed by atoms with E-state index in [0.717, 1.165) is 44.0 Å². The number of hydrogen-bond donors (Lipinski definition) is 0. The Bertz CT molecular complexity index is 4240.